The Morgan fingerprint density at radius 2 is 1.73 bits per heavy atom. The molecule has 2 atom stereocenters. The molecule has 3 heteroatoms. The van der Waals surface area contributed by atoms with Crippen molar-refractivity contribution in [2.75, 3.05) is 12.0 Å². The van der Waals surface area contributed by atoms with Gasteiger partial charge in [0.2, 0.25) is 0 Å². The quantitative estimate of drug-likeness (QED) is 0.730. The lowest BCUT2D eigenvalue weighted by Crippen LogP contribution is -2.27. The number of Topliss-reactive ketones (excluding diaryl/α,β-unsaturated/α-hetero) is 1. The standard InChI is InChI=1S/C12H24O2S/c1-9(2)10(8-15(6)14)7-11(13)12(3,4)5/h9-10H,7-8H2,1-6H3. The van der Waals surface area contributed by atoms with Crippen molar-refractivity contribution >= 4 is 16.6 Å². The zero-order chi connectivity index (χ0) is 12.2. The van der Waals surface area contributed by atoms with Gasteiger partial charge in [-0.1, -0.05) is 34.6 Å². The van der Waals surface area contributed by atoms with E-state index in [0.29, 0.717) is 18.1 Å². The Bertz CT molecular complexity index is 238. The largest absolute Gasteiger partial charge is 0.299 e. The van der Waals surface area contributed by atoms with E-state index in [-0.39, 0.29) is 17.1 Å². The summed E-state index contributed by atoms with van der Waals surface area (Å²) in [6.07, 6.45) is 2.26. The molecule has 0 radical (unpaired) electrons. The van der Waals surface area contributed by atoms with Crippen LogP contribution in [-0.4, -0.2) is 22.0 Å². The van der Waals surface area contributed by atoms with Crippen molar-refractivity contribution in [2.45, 2.75) is 41.0 Å². The molecule has 90 valence electrons. The van der Waals surface area contributed by atoms with E-state index in [1.165, 1.54) is 0 Å². The van der Waals surface area contributed by atoms with E-state index in [0.717, 1.165) is 0 Å². The van der Waals surface area contributed by atoms with Gasteiger partial charge in [0, 0.05) is 34.6 Å². The average molecular weight is 232 g/mol. The average Bonchev–Trinajstić information content (AvgIpc) is 1.99. The molecule has 0 saturated heterocycles. The SMILES string of the molecule is CC(C)C(CC(=O)C(C)(C)C)CS(C)=O. The van der Waals surface area contributed by atoms with E-state index in [4.69, 9.17) is 0 Å². The highest BCUT2D eigenvalue weighted by Gasteiger charge is 2.26. The van der Waals surface area contributed by atoms with Crippen LogP contribution in [0, 0.1) is 17.3 Å². The summed E-state index contributed by atoms with van der Waals surface area (Å²) in [6, 6.07) is 0. The van der Waals surface area contributed by atoms with Crippen LogP contribution < -0.4 is 0 Å². The zero-order valence-electron chi connectivity index (χ0n) is 10.8. The van der Waals surface area contributed by atoms with Gasteiger partial charge in [0.25, 0.3) is 0 Å². The van der Waals surface area contributed by atoms with Gasteiger partial charge in [-0.15, -0.1) is 0 Å². The van der Waals surface area contributed by atoms with Gasteiger partial charge in [-0.2, -0.15) is 0 Å². The second-order valence-electron chi connectivity index (χ2n) is 5.62. The van der Waals surface area contributed by atoms with Crippen molar-refractivity contribution in [3.8, 4) is 0 Å². The number of ketones is 1. The molecule has 0 aromatic carbocycles. The first-order valence-electron chi connectivity index (χ1n) is 5.48. The van der Waals surface area contributed by atoms with Gasteiger partial charge in [0.1, 0.15) is 5.78 Å². The maximum Gasteiger partial charge on any atom is 0.138 e. The molecule has 0 amide bonds. The minimum absolute atomic E-state index is 0.252. The molecule has 0 fully saturated rings. The normalized spacial score (nSPS) is 16.5. The number of hydrogen-bond donors (Lipinski definition) is 0. The fourth-order valence-corrected chi connectivity index (χ4v) is 2.44. The third kappa shape index (κ3) is 6.08. The smallest absolute Gasteiger partial charge is 0.138 e. The zero-order valence-corrected chi connectivity index (χ0v) is 11.6. The minimum Gasteiger partial charge on any atom is -0.299 e. The van der Waals surface area contributed by atoms with Crippen LogP contribution in [0.25, 0.3) is 0 Å². The highest BCUT2D eigenvalue weighted by atomic mass is 32.2. The maximum atomic E-state index is 11.9. The molecule has 2 unspecified atom stereocenters. The Balaban J connectivity index is 4.42. The van der Waals surface area contributed by atoms with E-state index >= 15 is 0 Å². The molecule has 0 aliphatic rings. The number of carbonyl (C=O) groups excluding carboxylic acids is 1. The lowest BCUT2D eigenvalue weighted by molar-refractivity contribution is -0.127. The molecule has 0 saturated carbocycles. The summed E-state index contributed by atoms with van der Waals surface area (Å²) in [4.78, 5) is 11.9. The van der Waals surface area contributed by atoms with E-state index in [1.54, 1.807) is 6.26 Å². The van der Waals surface area contributed by atoms with Gasteiger partial charge in [0.15, 0.2) is 0 Å². The molecule has 0 aliphatic carbocycles. The van der Waals surface area contributed by atoms with Gasteiger partial charge in [-0.3, -0.25) is 9.00 Å². The Labute approximate surface area is 96.3 Å². The van der Waals surface area contributed by atoms with E-state index in [1.807, 2.05) is 20.8 Å². The van der Waals surface area contributed by atoms with Crippen molar-refractivity contribution in [1.29, 1.82) is 0 Å². The van der Waals surface area contributed by atoms with Crippen LogP contribution in [0.1, 0.15) is 41.0 Å². The first-order valence-corrected chi connectivity index (χ1v) is 7.20. The molecule has 2 nitrogen and oxygen atoms in total. The van der Waals surface area contributed by atoms with Crippen LogP contribution in [-0.2, 0) is 15.6 Å². The van der Waals surface area contributed by atoms with E-state index < -0.39 is 10.8 Å². The fraction of sp³-hybridized carbons (Fsp3) is 0.917. The van der Waals surface area contributed by atoms with Crippen LogP contribution in [0.15, 0.2) is 0 Å². The topological polar surface area (TPSA) is 34.1 Å². The van der Waals surface area contributed by atoms with Gasteiger partial charge in [-0.05, 0) is 11.8 Å². The van der Waals surface area contributed by atoms with Crippen molar-refractivity contribution in [3.63, 3.8) is 0 Å². The Morgan fingerprint density at radius 3 is 2.00 bits per heavy atom. The molecule has 0 aliphatic heterocycles. The van der Waals surface area contributed by atoms with Gasteiger partial charge < -0.3 is 0 Å². The van der Waals surface area contributed by atoms with Crippen molar-refractivity contribution in [2.24, 2.45) is 17.3 Å². The third-order valence-electron chi connectivity index (χ3n) is 2.68. The summed E-state index contributed by atoms with van der Waals surface area (Å²) in [5.74, 6) is 1.58. The summed E-state index contributed by atoms with van der Waals surface area (Å²) in [5, 5.41) is 0. The number of hydrogen-bond acceptors (Lipinski definition) is 2. The van der Waals surface area contributed by atoms with Crippen molar-refractivity contribution in [1.82, 2.24) is 0 Å². The summed E-state index contributed by atoms with van der Waals surface area (Å²) in [6.45, 7) is 10.0. The molecule has 0 aromatic heterocycles. The molecule has 0 bridgehead atoms. The van der Waals surface area contributed by atoms with Gasteiger partial charge >= 0.3 is 0 Å². The molecule has 0 spiro atoms. The second-order valence-corrected chi connectivity index (χ2v) is 7.10. The molecular formula is C12H24O2S. The first kappa shape index (κ1) is 14.8. The van der Waals surface area contributed by atoms with E-state index in [2.05, 4.69) is 13.8 Å². The van der Waals surface area contributed by atoms with Gasteiger partial charge in [-0.25, -0.2) is 0 Å². The molecular weight excluding hydrogens is 208 g/mol. The predicted molar refractivity (Wildman–Crippen MR) is 66.3 cm³/mol. The van der Waals surface area contributed by atoms with Gasteiger partial charge in [0.05, 0.1) is 0 Å². The lowest BCUT2D eigenvalue weighted by Gasteiger charge is -2.23. The summed E-state index contributed by atoms with van der Waals surface area (Å²) in [5.41, 5.74) is -0.275. The summed E-state index contributed by atoms with van der Waals surface area (Å²) >= 11 is 0. The summed E-state index contributed by atoms with van der Waals surface area (Å²) < 4.78 is 11.2. The first-order chi connectivity index (χ1) is 6.64. The maximum absolute atomic E-state index is 11.9. The monoisotopic (exact) mass is 232 g/mol. The van der Waals surface area contributed by atoms with E-state index in [9.17, 15) is 9.00 Å². The third-order valence-corrected chi connectivity index (χ3v) is 3.57. The number of rotatable bonds is 5. The molecule has 0 N–H and O–H groups in total. The fourth-order valence-electron chi connectivity index (χ4n) is 1.33. The Kier molecular flexibility index (Phi) is 5.71. The Morgan fingerprint density at radius 1 is 1.27 bits per heavy atom. The molecule has 0 heterocycles. The lowest BCUT2D eigenvalue weighted by atomic mass is 9.82. The molecule has 0 rings (SSSR count). The van der Waals surface area contributed by atoms with Crippen LogP contribution in [0.5, 0.6) is 0 Å². The molecule has 0 aromatic rings. The van der Waals surface area contributed by atoms with Crippen molar-refractivity contribution in [3.05, 3.63) is 0 Å². The second kappa shape index (κ2) is 5.78. The number of carbonyl (C=O) groups is 1. The summed E-state index contributed by atoms with van der Waals surface area (Å²) in [7, 11) is -0.812. The van der Waals surface area contributed by atoms with Crippen molar-refractivity contribution < 1.29 is 9.00 Å². The van der Waals surface area contributed by atoms with Crippen LogP contribution in [0.3, 0.4) is 0 Å². The molecule has 15 heavy (non-hydrogen) atoms. The van der Waals surface area contributed by atoms with Crippen LogP contribution >= 0.6 is 0 Å². The van der Waals surface area contributed by atoms with Crippen LogP contribution in [0.2, 0.25) is 0 Å². The Hall–Kier alpha value is -0.180. The highest BCUT2D eigenvalue weighted by Crippen LogP contribution is 2.24. The predicted octanol–water partition coefficient (Wildman–Crippen LogP) is 2.64. The highest BCUT2D eigenvalue weighted by molar-refractivity contribution is 7.84. The minimum atomic E-state index is -0.812. The van der Waals surface area contributed by atoms with Crippen LogP contribution in [0.4, 0.5) is 0 Å².